The maximum atomic E-state index is 2.59. The molecule has 0 saturated carbocycles. The third-order valence-corrected chi connectivity index (χ3v) is 12.6. The molecule has 3 heterocycles. The number of aryl methyl sites for hydroxylation is 2. The van der Waals surface area contributed by atoms with E-state index in [4.69, 9.17) is 0 Å². The molecule has 0 aromatic carbocycles. The van der Waals surface area contributed by atoms with Gasteiger partial charge in [0.05, 0.1) is 21.4 Å². The van der Waals surface area contributed by atoms with Crippen molar-refractivity contribution >= 4 is 94.0 Å². The normalized spacial score (nSPS) is 14.2. The Kier molecular flexibility index (Phi) is 27.1. The number of allylic oxidation sites excluding steroid dienone is 5. The number of rotatable bonds is 25. The monoisotopic (exact) mass is 953 g/mol. The lowest BCUT2D eigenvalue weighted by Crippen LogP contribution is -2.38. The molecule has 2 aromatic rings. The average molecular weight is 954 g/mol. The number of unbranched alkanes of at least 4 members (excludes halogenated alkanes) is 15. The standard InChI is InChI=1S/C41H67N3S3.2HI/c1-7-10-13-16-19-22-29-42-35(4)32-45-39(42)27-25-38(41-44(37(6)34-47-41)31-24-21-18-15-12-9-3)26-28-40-43(36(5)33-46-40)30-23-20-17-14-11-8-2;;/h25-28,32-34H,7-24,29-31H2,1-6H3;2*1H/q+2;;. The molecule has 0 fully saturated rings. The van der Waals surface area contributed by atoms with Gasteiger partial charge in [0, 0.05) is 45.0 Å². The van der Waals surface area contributed by atoms with E-state index >= 15 is 0 Å². The van der Waals surface area contributed by atoms with Gasteiger partial charge < -0.3 is 4.90 Å². The first kappa shape index (κ1) is 46.9. The van der Waals surface area contributed by atoms with Crippen LogP contribution in [0.2, 0.25) is 0 Å². The van der Waals surface area contributed by atoms with Gasteiger partial charge in [0.15, 0.2) is 11.4 Å². The minimum Gasteiger partial charge on any atom is -0.339 e. The van der Waals surface area contributed by atoms with Gasteiger partial charge in [0.1, 0.15) is 13.1 Å². The predicted octanol–water partition coefficient (Wildman–Crippen LogP) is 14.2. The highest BCUT2D eigenvalue weighted by Gasteiger charge is 2.22. The summed E-state index contributed by atoms with van der Waals surface area (Å²) < 4.78 is 5.13. The smallest absolute Gasteiger partial charge is 0.269 e. The Morgan fingerprint density at radius 3 is 1.78 bits per heavy atom. The molecule has 3 nitrogen and oxygen atoms in total. The van der Waals surface area contributed by atoms with E-state index in [-0.39, 0.29) is 48.0 Å². The van der Waals surface area contributed by atoms with Crippen LogP contribution in [-0.4, -0.2) is 11.4 Å². The molecule has 0 N–H and O–H groups in total. The summed E-state index contributed by atoms with van der Waals surface area (Å²) in [6.45, 7) is 17.1. The van der Waals surface area contributed by atoms with Crippen molar-refractivity contribution in [3.63, 3.8) is 0 Å². The van der Waals surface area contributed by atoms with Gasteiger partial charge in [-0.1, -0.05) is 139 Å². The summed E-state index contributed by atoms with van der Waals surface area (Å²) in [5.41, 5.74) is 5.47. The van der Waals surface area contributed by atoms with Crippen LogP contribution < -0.4 is 9.13 Å². The van der Waals surface area contributed by atoms with E-state index in [0.717, 1.165) is 19.6 Å². The minimum atomic E-state index is 0. The molecule has 0 unspecified atom stereocenters. The van der Waals surface area contributed by atoms with E-state index in [0.29, 0.717) is 0 Å². The Morgan fingerprint density at radius 1 is 0.653 bits per heavy atom. The molecule has 1 aliphatic rings. The summed E-state index contributed by atoms with van der Waals surface area (Å²) in [4.78, 5) is 2.55. The Hall–Kier alpha value is -0.170. The highest BCUT2D eigenvalue weighted by molar-refractivity contribution is 14.0. The summed E-state index contributed by atoms with van der Waals surface area (Å²) in [5, 5.41) is 11.1. The number of nitrogens with zero attached hydrogens (tertiary/aromatic N) is 3. The molecule has 49 heavy (non-hydrogen) atoms. The Morgan fingerprint density at radius 2 is 1.16 bits per heavy atom. The first-order valence-electron chi connectivity index (χ1n) is 19.2. The molecule has 0 amide bonds. The maximum Gasteiger partial charge on any atom is 0.269 e. The second kappa shape index (κ2) is 28.3. The SMILES string of the molecule is CCCCCCCCN1C(C)=CS/C1=C/C=C(/C=C/c1scc(C)[n+]1CCCCCCCC)c1scc(C)[n+]1CCCCCCCC.I.I. The molecule has 0 radical (unpaired) electrons. The van der Waals surface area contributed by atoms with Crippen molar-refractivity contribution in [2.24, 2.45) is 0 Å². The second-order valence-electron chi connectivity index (χ2n) is 13.5. The van der Waals surface area contributed by atoms with Gasteiger partial charge in [-0.25, -0.2) is 0 Å². The van der Waals surface area contributed by atoms with Crippen LogP contribution in [0.5, 0.6) is 0 Å². The molecule has 8 heteroatoms. The minimum absolute atomic E-state index is 0. The van der Waals surface area contributed by atoms with Crippen molar-refractivity contribution in [3.8, 4) is 0 Å². The van der Waals surface area contributed by atoms with Crippen LogP contribution in [0.3, 0.4) is 0 Å². The van der Waals surface area contributed by atoms with Crippen molar-refractivity contribution in [3.05, 3.63) is 66.5 Å². The van der Waals surface area contributed by atoms with Gasteiger partial charge in [-0.15, -0.1) is 48.0 Å². The first-order chi connectivity index (χ1) is 23.0. The fourth-order valence-corrected chi connectivity index (χ4v) is 9.23. The lowest BCUT2D eigenvalue weighted by molar-refractivity contribution is -0.700. The molecular weight excluding hydrogens is 884 g/mol. The van der Waals surface area contributed by atoms with Crippen LogP contribution in [0, 0.1) is 13.8 Å². The highest BCUT2D eigenvalue weighted by atomic mass is 127. The largest absolute Gasteiger partial charge is 0.339 e. The quantitative estimate of drug-likeness (QED) is 0.0425. The van der Waals surface area contributed by atoms with Gasteiger partial charge in [-0.05, 0) is 49.8 Å². The molecule has 0 aliphatic carbocycles. The maximum absolute atomic E-state index is 2.59. The highest BCUT2D eigenvalue weighted by Crippen LogP contribution is 2.35. The van der Waals surface area contributed by atoms with Crippen molar-refractivity contribution in [2.75, 3.05) is 6.54 Å². The van der Waals surface area contributed by atoms with Crippen molar-refractivity contribution in [2.45, 2.75) is 170 Å². The van der Waals surface area contributed by atoms with E-state index in [1.807, 2.05) is 34.4 Å². The van der Waals surface area contributed by atoms with E-state index in [2.05, 4.69) is 96.0 Å². The molecule has 278 valence electrons. The molecule has 0 bridgehead atoms. The van der Waals surface area contributed by atoms with E-state index in [1.165, 1.54) is 153 Å². The van der Waals surface area contributed by atoms with Crippen molar-refractivity contribution in [1.82, 2.24) is 4.90 Å². The summed E-state index contributed by atoms with van der Waals surface area (Å²) in [6, 6.07) is 0. The Bertz CT molecular complexity index is 1290. The molecular formula is C41H69I2N3S3+2. The van der Waals surface area contributed by atoms with Crippen molar-refractivity contribution in [1.29, 1.82) is 0 Å². The topological polar surface area (TPSA) is 11.0 Å². The summed E-state index contributed by atoms with van der Waals surface area (Å²) in [5.74, 6) is 0. The zero-order valence-corrected chi connectivity index (χ0v) is 38.9. The fraction of sp³-hybridized carbons (Fsp3) is 0.659. The number of hydrogen-bond donors (Lipinski definition) is 0. The summed E-state index contributed by atoms with van der Waals surface area (Å²) >= 11 is 5.68. The summed E-state index contributed by atoms with van der Waals surface area (Å²) in [7, 11) is 0. The zero-order chi connectivity index (χ0) is 33.7. The molecule has 0 atom stereocenters. The second-order valence-corrected chi connectivity index (χ2v) is 16.1. The van der Waals surface area contributed by atoms with Gasteiger partial charge >= 0.3 is 0 Å². The van der Waals surface area contributed by atoms with Crippen LogP contribution in [0.25, 0.3) is 11.6 Å². The number of hydrogen-bond acceptors (Lipinski definition) is 4. The van der Waals surface area contributed by atoms with Gasteiger partial charge in [0.2, 0.25) is 0 Å². The van der Waals surface area contributed by atoms with Gasteiger partial charge in [-0.3, -0.25) is 0 Å². The average Bonchev–Trinajstić information content (AvgIpc) is 3.74. The number of aromatic nitrogens is 2. The third-order valence-electron chi connectivity index (χ3n) is 9.36. The van der Waals surface area contributed by atoms with Crippen LogP contribution in [-0.2, 0) is 13.1 Å². The Balaban J connectivity index is 0.00000600. The van der Waals surface area contributed by atoms with Crippen LogP contribution >= 0.6 is 82.4 Å². The molecule has 0 saturated heterocycles. The summed E-state index contributed by atoms with van der Waals surface area (Å²) in [6.07, 6.45) is 33.6. The molecule has 1 aliphatic heterocycles. The van der Waals surface area contributed by atoms with Crippen LogP contribution in [0.1, 0.15) is 165 Å². The van der Waals surface area contributed by atoms with E-state index in [9.17, 15) is 0 Å². The number of halogens is 2. The predicted molar refractivity (Wildman–Crippen MR) is 243 cm³/mol. The number of thiazole rings is 2. The van der Waals surface area contributed by atoms with Crippen LogP contribution in [0.15, 0.2) is 45.1 Å². The Labute approximate surface area is 348 Å². The van der Waals surface area contributed by atoms with Gasteiger partial charge in [-0.2, -0.15) is 9.13 Å². The lowest BCUT2D eigenvalue weighted by atomic mass is 10.1. The van der Waals surface area contributed by atoms with E-state index in [1.54, 1.807) is 0 Å². The fourth-order valence-electron chi connectivity index (χ4n) is 6.33. The first-order valence-corrected chi connectivity index (χ1v) is 21.8. The third kappa shape index (κ3) is 17.0. The molecule has 0 spiro atoms. The number of thioether (sulfide) groups is 1. The molecule has 3 rings (SSSR count). The van der Waals surface area contributed by atoms with E-state index < -0.39 is 0 Å². The molecule has 2 aromatic heterocycles. The van der Waals surface area contributed by atoms with Crippen molar-refractivity contribution < 1.29 is 9.13 Å². The van der Waals surface area contributed by atoms with Gasteiger partial charge in [0.25, 0.3) is 10.0 Å². The lowest BCUT2D eigenvalue weighted by Gasteiger charge is -2.21. The zero-order valence-electron chi connectivity index (χ0n) is 31.8. The van der Waals surface area contributed by atoms with Crippen LogP contribution in [0.4, 0.5) is 0 Å².